The van der Waals surface area contributed by atoms with Gasteiger partial charge in [0.25, 0.3) is 0 Å². The molecule has 37 heavy (non-hydrogen) atoms. The number of nitrogens with one attached hydrogen (secondary N) is 1. The smallest absolute Gasteiger partial charge is 0.246 e. The minimum Gasteiger partial charge on any atom is -0.501 e. The summed E-state index contributed by atoms with van der Waals surface area (Å²) in [5.41, 5.74) is 1.33. The SMILES string of the molecule is C=CC(C)C(C)N(CC)CCC(C)NC(=O)COC.CO/C(C)=C(\C)C(C)C.COC.c1ccccc1. The first-order valence-corrected chi connectivity index (χ1v) is 13.2. The molecule has 0 saturated heterocycles. The Kier molecular flexibility index (Phi) is 28.6. The minimum absolute atomic E-state index is 0.0504. The van der Waals surface area contributed by atoms with Gasteiger partial charge in [0.05, 0.1) is 12.9 Å². The van der Waals surface area contributed by atoms with E-state index in [1.807, 2.05) is 56.3 Å². The zero-order valence-corrected chi connectivity index (χ0v) is 26.0. The number of allylic oxidation sites excluding steroid dienone is 2. The van der Waals surface area contributed by atoms with Gasteiger partial charge in [-0.25, -0.2) is 0 Å². The Morgan fingerprint density at radius 3 is 1.70 bits per heavy atom. The van der Waals surface area contributed by atoms with Gasteiger partial charge in [-0.2, -0.15) is 0 Å². The molecule has 0 aliphatic rings. The van der Waals surface area contributed by atoms with Gasteiger partial charge in [-0.3, -0.25) is 4.79 Å². The van der Waals surface area contributed by atoms with Gasteiger partial charge < -0.3 is 24.4 Å². The van der Waals surface area contributed by atoms with E-state index in [2.05, 4.69) is 63.1 Å². The average Bonchev–Trinajstić information content (AvgIpc) is 2.89. The van der Waals surface area contributed by atoms with Crippen LogP contribution in [0.4, 0.5) is 0 Å². The van der Waals surface area contributed by atoms with E-state index in [9.17, 15) is 4.79 Å². The van der Waals surface area contributed by atoms with Crippen molar-refractivity contribution in [3.63, 3.8) is 0 Å². The summed E-state index contributed by atoms with van der Waals surface area (Å²) in [7, 11) is 6.49. The van der Waals surface area contributed by atoms with Crippen molar-refractivity contribution in [1.82, 2.24) is 10.2 Å². The van der Waals surface area contributed by atoms with Gasteiger partial charge >= 0.3 is 0 Å². The lowest BCUT2D eigenvalue weighted by Gasteiger charge is -2.31. The number of methoxy groups -OCH3 is 3. The van der Waals surface area contributed by atoms with Gasteiger partial charge in [-0.05, 0) is 58.1 Å². The summed E-state index contributed by atoms with van der Waals surface area (Å²) >= 11 is 0. The molecule has 6 nitrogen and oxygen atoms in total. The number of benzene rings is 1. The lowest BCUT2D eigenvalue weighted by molar-refractivity contribution is -0.125. The number of nitrogens with zero attached hydrogens (tertiary/aromatic N) is 1. The molecule has 0 fully saturated rings. The first-order chi connectivity index (χ1) is 17.5. The van der Waals surface area contributed by atoms with E-state index in [0.717, 1.165) is 25.3 Å². The molecule has 1 N–H and O–H groups in total. The second-order valence-corrected chi connectivity index (χ2v) is 9.32. The molecule has 3 unspecified atom stereocenters. The largest absolute Gasteiger partial charge is 0.501 e. The number of hydrogen-bond donors (Lipinski definition) is 1. The molecule has 0 radical (unpaired) electrons. The molecular weight excluding hydrogens is 464 g/mol. The number of carbonyl (C=O) groups is 1. The molecule has 1 rings (SSSR count). The van der Waals surface area contributed by atoms with Gasteiger partial charge in [0.1, 0.15) is 6.61 Å². The molecular formula is C31H58N2O4. The highest BCUT2D eigenvalue weighted by Gasteiger charge is 2.17. The van der Waals surface area contributed by atoms with Crippen molar-refractivity contribution in [3.05, 3.63) is 60.4 Å². The van der Waals surface area contributed by atoms with Gasteiger partial charge in [-0.15, -0.1) is 6.58 Å². The predicted octanol–water partition coefficient (Wildman–Crippen LogP) is 6.59. The Morgan fingerprint density at radius 2 is 1.41 bits per heavy atom. The van der Waals surface area contributed by atoms with Crippen LogP contribution in [0.25, 0.3) is 0 Å². The molecule has 0 heterocycles. The molecule has 3 atom stereocenters. The Balaban J connectivity index is -0.000000523. The third-order valence-electron chi connectivity index (χ3n) is 6.04. The average molecular weight is 523 g/mol. The van der Waals surface area contributed by atoms with Crippen LogP contribution in [0.2, 0.25) is 0 Å². The summed E-state index contributed by atoms with van der Waals surface area (Å²) in [4.78, 5) is 13.8. The van der Waals surface area contributed by atoms with Crippen molar-refractivity contribution in [2.24, 2.45) is 11.8 Å². The highest BCUT2D eigenvalue weighted by Crippen LogP contribution is 2.13. The van der Waals surface area contributed by atoms with Gasteiger partial charge in [-0.1, -0.05) is 70.2 Å². The van der Waals surface area contributed by atoms with E-state index < -0.39 is 0 Å². The highest BCUT2D eigenvalue weighted by atomic mass is 16.5. The van der Waals surface area contributed by atoms with E-state index in [1.54, 1.807) is 21.3 Å². The third-order valence-corrected chi connectivity index (χ3v) is 6.04. The van der Waals surface area contributed by atoms with Crippen LogP contribution in [0, 0.1) is 11.8 Å². The minimum atomic E-state index is -0.0504. The molecule has 0 aliphatic carbocycles. The third kappa shape index (κ3) is 24.0. The normalized spacial score (nSPS) is 13.2. The molecule has 216 valence electrons. The lowest BCUT2D eigenvalue weighted by Crippen LogP contribution is -2.41. The Morgan fingerprint density at radius 1 is 0.946 bits per heavy atom. The van der Waals surface area contributed by atoms with E-state index >= 15 is 0 Å². The number of hydrogen-bond acceptors (Lipinski definition) is 5. The molecule has 0 bridgehead atoms. The zero-order valence-electron chi connectivity index (χ0n) is 26.0. The maximum absolute atomic E-state index is 11.4. The Bertz CT molecular complexity index is 650. The summed E-state index contributed by atoms with van der Waals surface area (Å²) < 4.78 is 14.1. The van der Waals surface area contributed by atoms with Crippen molar-refractivity contribution in [2.75, 3.05) is 48.1 Å². The maximum atomic E-state index is 11.4. The summed E-state index contributed by atoms with van der Waals surface area (Å²) in [5, 5.41) is 2.93. The van der Waals surface area contributed by atoms with Crippen LogP contribution in [-0.2, 0) is 19.0 Å². The van der Waals surface area contributed by atoms with Crippen LogP contribution < -0.4 is 5.32 Å². The van der Waals surface area contributed by atoms with Crippen LogP contribution in [0.15, 0.2) is 60.4 Å². The predicted molar refractivity (Wildman–Crippen MR) is 160 cm³/mol. The van der Waals surface area contributed by atoms with Crippen LogP contribution in [0.3, 0.4) is 0 Å². The van der Waals surface area contributed by atoms with E-state index in [1.165, 1.54) is 12.7 Å². The number of ether oxygens (including phenoxy) is 3. The molecule has 1 amide bonds. The first kappa shape index (κ1) is 39.4. The topological polar surface area (TPSA) is 60.0 Å². The quantitative estimate of drug-likeness (QED) is 0.248. The van der Waals surface area contributed by atoms with Crippen molar-refractivity contribution in [3.8, 4) is 0 Å². The summed E-state index contributed by atoms with van der Waals surface area (Å²) in [5.74, 6) is 2.07. The summed E-state index contributed by atoms with van der Waals surface area (Å²) in [6.07, 6.45) is 2.94. The van der Waals surface area contributed by atoms with Gasteiger partial charge in [0, 0.05) is 40.0 Å². The molecule has 6 heteroatoms. The number of amides is 1. The fraction of sp³-hybridized carbons (Fsp3) is 0.645. The van der Waals surface area contributed by atoms with Crippen LogP contribution in [0.1, 0.15) is 61.8 Å². The Hall–Kier alpha value is -2.15. The monoisotopic (exact) mass is 522 g/mol. The van der Waals surface area contributed by atoms with E-state index in [-0.39, 0.29) is 18.6 Å². The van der Waals surface area contributed by atoms with Crippen LogP contribution >= 0.6 is 0 Å². The Labute approximate surface area is 229 Å². The van der Waals surface area contributed by atoms with Crippen molar-refractivity contribution < 1.29 is 19.0 Å². The molecule has 0 saturated carbocycles. The molecule has 1 aromatic carbocycles. The van der Waals surface area contributed by atoms with Crippen molar-refractivity contribution in [2.45, 2.75) is 73.9 Å². The first-order valence-electron chi connectivity index (χ1n) is 13.2. The fourth-order valence-corrected chi connectivity index (χ4v) is 3.01. The van der Waals surface area contributed by atoms with Crippen molar-refractivity contribution in [1.29, 1.82) is 0 Å². The molecule has 0 aromatic heterocycles. The van der Waals surface area contributed by atoms with Gasteiger partial charge in [0.15, 0.2) is 0 Å². The van der Waals surface area contributed by atoms with E-state index in [0.29, 0.717) is 17.9 Å². The maximum Gasteiger partial charge on any atom is 0.246 e. The highest BCUT2D eigenvalue weighted by molar-refractivity contribution is 5.77. The van der Waals surface area contributed by atoms with E-state index in [4.69, 9.17) is 9.47 Å². The summed E-state index contributed by atoms with van der Waals surface area (Å²) in [6.45, 7) is 23.0. The molecule has 0 spiro atoms. The lowest BCUT2D eigenvalue weighted by atomic mass is 10.0. The molecule has 1 aromatic rings. The van der Waals surface area contributed by atoms with Crippen LogP contribution in [0.5, 0.6) is 0 Å². The van der Waals surface area contributed by atoms with Gasteiger partial charge in [0.2, 0.25) is 5.91 Å². The standard InChI is InChI=1S/C15H30N2O2.C8H16O.C6H6.C2H6O/c1-7-12(3)14(5)17(8-2)10-9-13(4)16-15(18)11-19-6;1-6(2)7(3)8(4)9-5;1-2-4-6-5-3-1;1-3-2/h7,12-14H,1,8-11H2,2-6H3,(H,16,18);6H,1-5H3;1-6H;1-2H3/b;8-7+;;. The number of carbonyl (C=O) groups excluding carboxylic acids is 1. The van der Waals surface area contributed by atoms with Crippen LogP contribution in [-0.4, -0.2) is 71.0 Å². The number of rotatable bonds is 12. The second kappa shape index (κ2) is 26.9. The van der Waals surface area contributed by atoms with Crippen molar-refractivity contribution >= 4 is 5.91 Å². The molecule has 0 aliphatic heterocycles. The summed E-state index contributed by atoms with van der Waals surface area (Å²) in [6, 6.07) is 12.6. The fourth-order valence-electron chi connectivity index (χ4n) is 3.01. The zero-order chi connectivity index (χ0) is 29.2. The second-order valence-electron chi connectivity index (χ2n) is 9.32.